The van der Waals surface area contributed by atoms with Crippen LogP contribution in [-0.2, 0) is 6.42 Å². The minimum atomic E-state index is -1.36. The lowest BCUT2D eigenvalue weighted by Gasteiger charge is -2.29. The van der Waals surface area contributed by atoms with Gasteiger partial charge in [-0.15, -0.1) is 0 Å². The van der Waals surface area contributed by atoms with Gasteiger partial charge in [-0.3, -0.25) is 0 Å². The molecular weight excluding hydrogens is 311 g/mol. The maximum Gasteiger partial charge on any atom is 0.251 e. The molecule has 1 nitrogen and oxygen atoms in total. The molecule has 1 aliphatic carbocycles. The molecule has 0 radical (unpaired) electrons. The van der Waals surface area contributed by atoms with Crippen molar-refractivity contribution in [2.75, 3.05) is 0 Å². The number of rotatable bonds is 4. The first-order valence-corrected chi connectivity index (χ1v) is 8.68. The quantitative estimate of drug-likeness (QED) is 0.635. The molecule has 3 rings (SSSR count). The molecule has 0 atom stereocenters. The second-order valence-corrected chi connectivity index (χ2v) is 6.68. The van der Waals surface area contributed by atoms with Gasteiger partial charge in [0, 0.05) is 5.56 Å². The Labute approximate surface area is 140 Å². The molecule has 0 aliphatic heterocycles. The minimum absolute atomic E-state index is 0.0804. The largest absolute Gasteiger partial charge is 0.251 e. The molecule has 1 aliphatic rings. The van der Waals surface area contributed by atoms with Crippen LogP contribution in [0.3, 0.4) is 0 Å². The summed E-state index contributed by atoms with van der Waals surface area (Å²) in [6.07, 6.45) is 5.62. The van der Waals surface area contributed by atoms with Crippen molar-refractivity contribution in [3.05, 3.63) is 64.7 Å². The van der Waals surface area contributed by atoms with Crippen LogP contribution >= 0.6 is 0 Å². The predicted molar refractivity (Wildman–Crippen MR) is 88.5 cm³/mol. The maximum atomic E-state index is 13.8. The Balaban J connectivity index is 1.66. The van der Waals surface area contributed by atoms with Crippen LogP contribution in [0, 0.1) is 17.7 Å². The predicted octanol–water partition coefficient (Wildman–Crippen LogP) is 5.89. The Morgan fingerprint density at radius 3 is 2.17 bits per heavy atom. The van der Waals surface area contributed by atoms with Gasteiger partial charge in [-0.25, -0.2) is 4.39 Å². The number of hydrogen-bond donors (Lipinski definition) is 0. The summed E-state index contributed by atoms with van der Waals surface area (Å²) in [4.78, 5) is 3.04. The summed E-state index contributed by atoms with van der Waals surface area (Å²) in [5.41, 5.74) is 2.88. The molecule has 0 N–H and O–H groups in total. The molecule has 0 bridgehead atoms. The summed E-state index contributed by atoms with van der Waals surface area (Å²) >= 11 is 0. The van der Waals surface area contributed by atoms with Crippen molar-refractivity contribution < 1.29 is 13.2 Å². The number of halogens is 3. The zero-order chi connectivity index (χ0) is 17.1. The molecule has 2 aromatic rings. The molecule has 0 spiro atoms. The molecule has 1 aromatic heterocycles. The van der Waals surface area contributed by atoms with Gasteiger partial charge in [0.25, 0.3) is 5.95 Å². The van der Waals surface area contributed by atoms with E-state index in [1.807, 2.05) is 0 Å². The van der Waals surface area contributed by atoms with Crippen LogP contribution in [0.4, 0.5) is 13.2 Å². The molecule has 1 heterocycles. The molecule has 0 saturated heterocycles. The van der Waals surface area contributed by atoms with E-state index in [1.54, 1.807) is 0 Å². The Morgan fingerprint density at radius 2 is 1.54 bits per heavy atom. The maximum absolute atomic E-state index is 13.8. The number of aromatic nitrogens is 1. The molecule has 0 amide bonds. The average Bonchev–Trinajstić information content (AvgIpc) is 2.59. The first-order valence-electron chi connectivity index (χ1n) is 8.68. The first kappa shape index (κ1) is 17.0. The lowest BCUT2D eigenvalue weighted by molar-refractivity contribution is 0.373. The Bertz CT molecular complexity index is 689. The van der Waals surface area contributed by atoms with E-state index in [9.17, 15) is 13.2 Å². The minimum Gasteiger partial charge on any atom is -0.202 e. The van der Waals surface area contributed by atoms with E-state index in [2.05, 4.69) is 36.2 Å². The van der Waals surface area contributed by atoms with Gasteiger partial charge in [-0.1, -0.05) is 37.6 Å². The zero-order valence-electron chi connectivity index (χ0n) is 13.9. The van der Waals surface area contributed by atoms with Gasteiger partial charge in [-0.05, 0) is 61.1 Å². The second kappa shape index (κ2) is 7.37. The van der Waals surface area contributed by atoms with E-state index >= 15 is 0 Å². The number of benzene rings is 1. The van der Waals surface area contributed by atoms with E-state index in [0.29, 0.717) is 5.92 Å². The van der Waals surface area contributed by atoms with Gasteiger partial charge < -0.3 is 0 Å². The molecule has 1 aromatic carbocycles. The topological polar surface area (TPSA) is 12.9 Å². The van der Waals surface area contributed by atoms with Crippen molar-refractivity contribution in [2.24, 2.45) is 0 Å². The van der Waals surface area contributed by atoms with Gasteiger partial charge in [0.1, 0.15) is 0 Å². The van der Waals surface area contributed by atoms with Gasteiger partial charge in [0.05, 0.1) is 0 Å². The third-order valence-corrected chi connectivity index (χ3v) is 5.07. The van der Waals surface area contributed by atoms with Gasteiger partial charge in [0.15, 0.2) is 5.82 Å². The summed E-state index contributed by atoms with van der Waals surface area (Å²) < 4.78 is 40.2. The van der Waals surface area contributed by atoms with E-state index in [4.69, 9.17) is 0 Å². The van der Waals surface area contributed by atoms with Crippen LogP contribution < -0.4 is 0 Å². The zero-order valence-corrected chi connectivity index (χ0v) is 13.9. The fourth-order valence-electron chi connectivity index (χ4n) is 3.73. The van der Waals surface area contributed by atoms with Crippen molar-refractivity contribution in [1.82, 2.24) is 4.98 Å². The van der Waals surface area contributed by atoms with Crippen LogP contribution in [0.25, 0.3) is 0 Å². The molecule has 24 heavy (non-hydrogen) atoms. The fourth-order valence-corrected chi connectivity index (χ4v) is 3.73. The standard InChI is InChI=1S/C20H22F3N/c1-2-3-13-4-6-14(7-5-13)15-8-10-16(11-9-15)17-12-18(21)20(23)24-19(17)22/h4-7,12,15-16H,2-3,8-11H2,1H3. The van der Waals surface area contributed by atoms with Crippen LogP contribution in [0.2, 0.25) is 0 Å². The highest BCUT2D eigenvalue weighted by Crippen LogP contribution is 2.41. The molecule has 1 fully saturated rings. The van der Waals surface area contributed by atoms with Crippen molar-refractivity contribution in [2.45, 2.75) is 57.3 Å². The Morgan fingerprint density at radius 1 is 0.917 bits per heavy atom. The lowest BCUT2D eigenvalue weighted by Crippen LogP contribution is -2.14. The lowest BCUT2D eigenvalue weighted by atomic mass is 9.76. The number of aryl methyl sites for hydroxylation is 1. The fraction of sp³-hybridized carbons (Fsp3) is 0.450. The summed E-state index contributed by atoms with van der Waals surface area (Å²) in [5.74, 6) is -2.93. The van der Waals surface area contributed by atoms with Crippen LogP contribution in [0.15, 0.2) is 30.3 Å². The molecule has 4 heteroatoms. The van der Waals surface area contributed by atoms with Crippen molar-refractivity contribution in [1.29, 1.82) is 0 Å². The van der Waals surface area contributed by atoms with E-state index < -0.39 is 17.7 Å². The molecule has 128 valence electrons. The van der Waals surface area contributed by atoms with Crippen LogP contribution in [0.1, 0.15) is 67.6 Å². The number of hydrogen-bond acceptors (Lipinski definition) is 1. The summed E-state index contributed by atoms with van der Waals surface area (Å²) in [5, 5.41) is 0. The molecule has 1 saturated carbocycles. The summed E-state index contributed by atoms with van der Waals surface area (Å²) in [6.45, 7) is 2.17. The van der Waals surface area contributed by atoms with Crippen molar-refractivity contribution >= 4 is 0 Å². The Kier molecular flexibility index (Phi) is 5.22. The highest BCUT2D eigenvalue weighted by atomic mass is 19.2. The number of pyridine rings is 1. The SMILES string of the molecule is CCCc1ccc(C2CCC(c3cc(F)c(F)nc3F)CC2)cc1. The second-order valence-electron chi connectivity index (χ2n) is 6.68. The van der Waals surface area contributed by atoms with Crippen LogP contribution in [-0.4, -0.2) is 4.98 Å². The highest BCUT2D eigenvalue weighted by Gasteiger charge is 2.27. The van der Waals surface area contributed by atoms with Gasteiger partial charge in [-0.2, -0.15) is 13.8 Å². The smallest absolute Gasteiger partial charge is 0.202 e. The van der Waals surface area contributed by atoms with E-state index in [-0.39, 0.29) is 11.5 Å². The third-order valence-electron chi connectivity index (χ3n) is 5.07. The average molecular weight is 333 g/mol. The summed E-state index contributed by atoms with van der Waals surface area (Å²) in [7, 11) is 0. The van der Waals surface area contributed by atoms with Gasteiger partial charge >= 0.3 is 0 Å². The van der Waals surface area contributed by atoms with Crippen molar-refractivity contribution in [3.63, 3.8) is 0 Å². The van der Waals surface area contributed by atoms with Crippen LogP contribution in [0.5, 0.6) is 0 Å². The number of nitrogens with zero attached hydrogens (tertiary/aromatic N) is 1. The normalized spacial score (nSPS) is 21.0. The summed E-state index contributed by atoms with van der Waals surface area (Å²) in [6, 6.07) is 9.72. The molecule has 0 unspecified atom stereocenters. The highest BCUT2D eigenvalue weighted by molar-refractivity contribution is 5.27. The van der Waals surface area contributed by atoms with E-state index in [1.165, 1.54) is 11.1 Å². The first-order chi connectivity index (χ1) is 11.6. The van der Waals surface area contributed by atoms with Gasteiger partial charge in [0.2, 0.25) is 5.95 Å². The Hall–Kier alpha value is -1.84. The third kappa shape index (κ3) is 3.63. The van der Waals surface area contributed by atoms with Crippen molar-refractivity contribution in [3.8, 4) is 0 Å². The molecular formula is C20H22F3N. The monoisotopic (exact) mass is 333 g/mol. The van der Waals surface area contributed by atoms with E-state index in [0.717, 1.165) is 44.6 Å².